The molecule has 4 aliphatic rings. The second kappa shape index (κ2) is 9.31. The maximum Gasteiger partial charge on any atom is 0.414 e. The number of nitrogens with zero attached hydrogens (tertiary/aromatic N) is 2. The molecule has 0 radical (unpaired) electrons. The molecule has 0 unspecified atom stereocenters. The number of benzene rings is 1. The van der Waals surface area contributed by atoms with Gasteiger partial charge in [0.15, 0.2) is 5.76 Å². The van der Waals surface area contributed by atoms with E-state index in [4.69, 9.17) is 14.2 Å². The number of hydrogen-bond donors (Lipinski definition) is 2. The van der Waals surface area contributed by atoms with Crippen LogP contribution in [0.3, 0.4) is 0 Å². The minimum absolute atomic E-state index is 0.000515. The first-order chi connectivity index (χ1) is 16.9. The van der Waals surface area contributed by atoms with Crippen molar-refractivity contribution in [1.29, 1.82) is 0 Å². The molecule has 11 heteroatoms. The van der Waals surface area contributed by atoms with Gasteiger partial charge in [0.1, 0.15) is 12.4 Å². The Labute approximate surface area is 200 Å². The van der Waals surface area contributed by atoms with E-state index in [1.54, 1.807) is 6.08 Å². The molecule has 0 atom stereocenters. The largest absolute Gasteiger partial charge is 0.503 e. The summed E-state index contributed by atoms with van der Waals surface area (Å²) in [6.07, 6.45) is 2.03. The molecule has 10 nitrogen and oxygen atoms in total. The number of amides is 3. The zero-order valence-electron chi connectivity index (χ0n) is 19.0. The molecule has 186 valence electrons. The number of aliphatic hydroxyl groups excluding tert-OH is 1. The Balaban J connectivity index is 1.47. The van der Waals surface area contributed by atoms with Crippen LogP contribution >= 0.6 is 0 Å². The first kappa shape index (κ1) is 23.3. The lowest BCUT2D eigenvalue weighted by Gasteiger charge is -2.47. The fraction of sp³-hybridized carbons (Fsp3) is 0.458. The Hall–Kier alpha value is -3.44. The Bertz CT molecular complexity index is 1130. The SMILES string of the molecule is O=C(NCc1ccc(F)cc1N1CCOC1=O)C1=C(O)C(=O)N2CCOCC=C2C12CCOCC2. The van der Waals surface area contributed by atoms with Crippen LogP contribution in [0.25, 0.3) is 0 Å². The standard InChI is InChI=1S/C24H26FN3O7/c25-16-2-1-15(17(13-16)27-7-12-35-23(27)32)14-26-21(30)19-20(29)22(31)28-6-11-33-8-3-18(28)24(19)4-9-34-10-5-24/h1-3,13,29H,4-12,14H2,(H,26,30). The van der Waals surface area contributed by atoms with Crippen molar-refractivity contribution in [2.45, 2.75) is 19.4 Å². The third-order valence-corrected chi connectivity index (χ3v) is 6.91. The van der Waals surface area contributed by atoms with Crippen LogP contribution in [0.5, 0.6) is 0 Å². The third-order valence-electron chi connectivity index (χ3n) is 6.91. The number of anilines is 1. The molecule has 0 saturated carbocycles. The minimum Gasteiger partial charge on any atom is -0.503 e. The number of fused-ring (bicyclic) bond motifs is 2. The van der Waals surface area contributed by atoms with Crippen LogP contribution in [-0.4, -0.2) is 74.0 Å². The van der Waals surface area contributed by atoms with Gasteiger partial charge in [-0.25, -0.2) is 9.18 Å². The van der Waals surface area contributed by atoms with Gasteiger partial charge in [0.05, 0.1) is 31.0 Å². The number of aliphatic hydroxyl groups is 1. The molecule has 0 bridgehead atoms. The molecular weight excluding hydrogens is 461 g/mol. The first-order valence-corrected chi connectivity index (χ1v) is 11.5. The molecule has 4 aliphatic heterocycles. The van der Waals surface area contributed by atoms with Crippen LogP contribution in [0.15, 0.2) is 41.3 Å². The number of carbonyl (C=O) groups excluding carboxylic acids is 3. The molecule has 0 aliphatic carbocycles. The molecule has 1 aromatic rings. The van der Waals surface area contributed by atoms with Gasteiger partial charge in [-0.05, 0) is 36.6 Å². The van der Waals surface area contributed by atoms with Crippen molar-refractivity contribution in [2.24, 2.45) is 5.41 Å². The van der Waals surface area contributed by atoms with Crippen LogP contribution in [0.4, 0.5) is 14.9 Å². The lowest BCUT2D eigenvalue weighted by molar-refractivity contribution is -0.133. The molecule has 0 aromatic heterocycles. The van der Waals surface area contributed by atoms with E-state index in [1.165, 1.54) is 28.0 Å². The lowest BCUT2D eigenvalue weighted by Crippen LogP contribution is -2.52. The van der Waals surface area contributed by atoms with Crippen LogP contribution < -0.4 is 10.2 Å². The molecular formula is C24H26FN3O7. The van der Waals surface area contributed by atoms with Gasteiger partial charge in [-0.15, -0.1) is 0 Å². The average Bonchev–Trinajstić information content (AvgIpc) is 3.12. The lowest BCUT2D eigenvalue weighted by atomic mass is 9.67. The minimum atomic E-state index is -0.904. The topological polar surface area (TPSA) is 118 Å². The average molecular weight is 487 g/mol. The number of nitrogens with one attached hydrogen (secondary N) is 1. The number of hydrogen-bond acceptors (Lipinski definition) is 7. The molecule has 2 N–H and O–H groups in total. The molecule has 2 fully saturated rings. The molecule has 35 heavy (non-hydrogen) atoms. The fourth-order valence-electron chi connectivity index (χ4n) is 5.23. The van der Waals surface area contributed by atoms with E-state index in [9.17, 15) is 23.9 Å². The summed E-state index contributed by atoms with van der Waals surface area (Å²) in [6, 6.07) is 3.93. The highest BCUT2D eigenvalue weighted by molar-refractivity contribution is 6.07. The summed E-state index contributed by atoms with van der Waals surface area (Å²) in [7, 11) is 0. The maximum atomic E-state index is 14.0. The zero-order valence-corrected chi connectivity index (χ0v) is 19.0. The van der Waals surface area contributed by atoms with Gasteiger partial charge in [-0.2, -0.15) is 0 Å². The Morgan fingerprint density at radius 3 is 2.60 bits per heavy atom. The molecule has 2 saturated heterocycles. The normalized spacial score (nSPS) is 22.0. The monoisotopic (exact) mass is 487 g/mol. The molecule has 5 rings (SSSR count). The van der Waals surface area contributed by atoms with E-state index in [0.29, 0.717) is 56.2 Å². The molecule has 1 spiro atoms. The fourth-order valence-corrected chi connectivity index (χ4v) is 5.23. The number of allylic oxidation sites excluding steroid dienone is 1. The number of rotatable bonds is 4. The van der Waals surface area contributed by atoms with E-state index in [2.05, 4.69) is 5.32 Å². The van der Waals surface area contributed by atoms with Crippen LogP contribution in [0.1, 0.15) is 18.4 Å². The van der Waals surface area contributed by atoms with Gasteiger partial charge in [0, 0.05) is 37.4 Å². The zero-order chi connectivity index (χ0) is 24.6. The van der Waals surface area contributed by atoms with Crippen molar-refractivity contribution in [3.8, 4) is 0 Å². The highest BCUT2D eigenvalue weighted by Crippen LogP contribution is 2.50. The van der Waals surface area contributed by atoms with Crippen molar-refractivity contribution in [3.63, 3.8) is 0 Å². The predicted molar refractivity (Wildman–Crippen MR) is 120 cm³/mol. The summed E-state index contributed by atoms with van der Waals surface area (Å²) in [6.45, 7) is 2.01. The van der Waals surface area contributed by atoms with Crippen molar-refractivity contribution in [2.75, 3.05) is 51.0 Å². The van der Waals surface area contributed by atoms with Gasteiger partial charge in [-0.3, -0.25) is 14.5 Å². The van der Waals surface area contributed by atoms with E-state index >= 15 is 0 Å². The highest BCUT2D eigenvalue weighted by atomic mass is 19.1. The third kappa shape index (κ3) is 4.04. The van der Waals surface area contributed by atoms with E-state index in [0.717, 1.165) is 0 Å². The van der Waals surface area contributed by atoms with Crippen LogP contribution in [-0.2, 0) is 30.3 Å². The number of ether oxygens (including phenoxy) is 3. The van der Waals surface area contributed by atoms with Crippen molar-refractivity contribution in [3.05, 3.63) is 52.7 Å². The van der Waals surface area contributed by atoms with Gasteiger partial charge in [0.2, 0.25) is 0 Å². The van der Waals surface area contributed by atoms with Gasteiger partial charge in [-0.1, -0.05) is 6.07 Å². The van der Waals surface area contributed by atoms with Crippen LogP contribution in [0.2, 0.25) is 0 Å². The highest BCUT2D eigenvalue weighted by Gasteiger charge is 2.52. The number of halogens is 1. The predicted octanol–water partition coefficient (Wildman–Crippen LogP) is 1.76. The quantitative estimate of drug-likeness (QED) is 0.665. The summed E-state index contributed by atoms with van der Waals surface area (Å²) in [4.78, 5) is 41.4. The number of cyclic esters (lactones) is 1. The summed E-state index contributed by atoms with van der Waals surface area (Å²) in [5.74, 6) is -2.38. The van der Waals surface area contributed by atoms with E-state index in [1.807, 2.05) is 0 Å². The van der Waals surface area contributed by atoms with Crippen molar-refractivity contribution < 1.29 is 38.1 Å². The first-order valence-electron chi connectivity index (χ1n) is 11.5. The van der Waals surface area contributed by atoms with E-state index < -0.39 is 34.9 Å². The van der Waals surface area contributed by atoms with Crippen molar-refractivity contribution >= 4 is 23.6 Å². The second-order valence-electron chi connectivity index (χ2n) is 8.76. The Kier molecular flexibility index (Phi) is 6.20. The Morgan fingerprint density at radius 2 is 1.86 bits per heavy atom. The Morgan fingerprint density at radius 1 is 1.09 bits per heavy atom. The maximum absolute atomic E-state index is 14.0. The molecule has 3 amide bonds. The van der Waals surface area contributed by atoms with Crippen molar-refractivity contribution in [1.82, 2.24) is 10.2 Å². The summed E-state index contributed by atoms with van der Waals surface area (Å²) >= 11 is 0. The molecule has 4 heterocycles. The van der Waals surface area contributed by atoms with Crippen LogP contribution in [0, 0.1) is 11.2 Å². The van der Waals surface area contributed by atoms with E-state index in [-0.39, 0.29) is 31.8 Å². The van der Waals surface area contributed by atoms with Gasteiger partial charge in [0.25, 0.3) is 11.8 Å². The smallest absolute Gasteiger partial charge is 0.414 e. The summed E-state index contributed by atoms with van der Waals surface area (Å²) in [5.41, 5.74) is 0.526. The molecule has 1 aromatic carbocycles. The number of carbonyl (C=O) groups is 3. The summed E-state index contributed by atoms with van der Waals surface area (Å²) < 4.78 is 30.0. The van der Waals surface area contributed by atoms with Gasteiger partial charge >= 0.3 is 6.09 Å². The second-order valence-corrected chi connectivity index (χ2v) is 8.76. The van der Waals surface area contributed by atoms with Gasteiger partial charge < -0.3 is 29.5 Å². The summed E-state index contributed by atoms with van der Waals surface area (Å²) in [5, 5.41) is 13.7.